The highest BCUT2D eigenvalue weighted by Gasteiger charge is 2.37. The van der Waals surface area contributed by atoms with E-state index in [1.807, 2.05) is 6.92 Å². The molecule has 0 bridgehead atoms. The number of nitrogens with one attached hydrogen (secondary N) is 1. The molecule has 0 aliphatic heterocycles. The van der Waals surface area contributed by atoms with Crippen molar-refractivity contribution in [2.75, 3.05) is 13.6 Å². The first-order chi connectivity index (χ1) is 8.21. The molecular formula is C14H29N3O. The van der Waals surface area contributed by atoms with Gasteiger partial charge in [0.1, 0.15) is 0 Å². The summed E-state index contributed by atoms with van der Waals surface area (Å²) < 4.78 is 0. The number of carbonyl (C=O) groups excluding carboxylic acids is 1. The van der Waals surface area contributed by atoms with Gasteiger partial charge in [-0.25, -0.2) is 0 Å². The van der Waals surface area contributed by atoms with Crippen molar-refractivity contribution < 1.29 is 4.79 Å². The molecule has 0 aromatic heterocycles. The molecule has 0 spiro atoms. The Labute approximate surface area is 111 Å². The maximum Gasteiger partial charge on any atom is 0.237 e. The largest absolute Gasteiger partial charge is 0.368 e. The SMILES string of the molecule is CCC(C)(C)N(C)CCC(C)(NC1CC1)C(N)=O. The second-order valence-electron chi connectivity index (χ2n) is 6.45. The summed E-state index contributed by atoms with van der Waals surface area (Å²) >= 11 is 0. The average molecular weight is 255 g/mol. The highest BCUT2D eigenvalue weighted by atomic mass is 16.1. The third kappa shape index (κ3) is 3.95. The van der Waals surface area contributed by atoms with Crippen LogP contribution in [0.2, 0.25) is 0 Å². The van der Waals surface area contributed by atoms with Gasteiger partial charge in [-0.2, -0.15) is 0 Å². The summed E-state index contributed by atoms with van der Waals surface area (Å²) in [5.74, 6) is -0.239. The lowest BCUT2D eigenvalue weighted by atomic mass is 9.94. The zero-order valence-electron chi connectivity index (χ0n) is 12.5. The zero-order valence-corrected chi connectivity index (χ0v) is 12.5. The minimum Gasteiger partial charge on any atom is -0.368 e. The van der Waals surface area contributed by atoms with E-state index >= 15 is 0 Å². The van der Waals surface area contributed by atoms with Crippen LogP contribution in [0.1, 0.15) is 53.4 Å². The average Bonchev–Trinajstić information content (AvgIpc) is 3.09. The van der Waals surface area contributed by atoms with E-state index in [2.05, 4.69) is 38.0 Å². The van der Waals surface area contributed by atoms with E-state index in [1.54, 1.807) is 0 Å². The van der Waals surface area contributed by atoms with Gasteiger partial charge in [0.2, 0.25) is 5.91 Å². The Morgan fingerprint density at radius 1 is 1.39 bits per heavy atom. The standard InChI is InChI=1S/C14H29N3O/c1-6-13(2,3)17(5)10-9-14(4,12(15)18)16-11-7-8-11/h11,16H,6-10H2,1-5H3,(H2,15,18). The summed E-state index contributed by atoms with van der Waals surface area (Å²) in [4.78, 5) is 14.0. The van der Waals surface area contributed by atoms with Crippen molar-refractivity contribution in [2.45, 2.75) is 70.5 Å². The van der Waals surface area contributed by atoms with Crippen LogP contribution >= 0.6 is 0 Å². The van der Waals surface area contributed by atoms with Gasteiger partial charge in [-0.3, -0.25) is 4.79 Å². The van der Waals surface area contributed by atoms with E-state index < -0.39 is 5.54 Å². The van der Waals surface area contributed by atoms with Crippen molar-refractivity contribution in [3.8, 4) is 0 Å². The second kappa shape index (κ2) is 5.57. The van der Waals surface area contributed by atoms with Crippen LogP contribution in [0, 0.1) is 0 Å². The first-order valence-electron chi connectivity index (χ1n) is 7.00. The van der Waals surface area contributed by atoms with E-state index in [1.165, 1.54) is 12.8 Å². The number of rotatable bonds is 8. The van der Waals surface area contributed by atoms with Crippen molar-refractivity contribution in [3.63, 3.8) is 0 Å². The van der Waals surface area contributed by atoms with Crippen LogP contribution in [-0.4, -0.2) is 41.5 Å². The molecule has 1 rings (SSSR count). The normalized spacial score (nSPS) is 19.9. The van der Waals surface area contributed by atoms with E-state index in [4.69, 9.17) is 5.73 Å². The molecule has 0 aromatic rings. The van der Waals surface area contributed by atoms with Crippen LogP contribution in [0.25, 0.3) is 0 Å². The Morgan fingerprint density at radius 3 is 2.33 bits per heavy atom. The lowest BCUT2D eigenvalue weighted by molar-refractivity contribution is -0.124. The highest BCUT2D eigenvalue weighted by Crippen LogP contribution is 2.25. The van der Waals surface area contributed by atoms with Gasteiger partial charge >= 0.3 is 0 Å². The molecule has 1 fully saturated rings. The topological polar surface area (TPSA) is 58.4 Å². The van der Waals surface area contributed by atoms with Crippen molar-refractivity contribution in [1.29, 1.82) is 0 Å². The summed E-state index contributed by atoms with van der Waals surface area (Å²) in [6.07, 6.45) is 4.18. The lowest BCUT2D eigenvalue weighted by Crippen LogP contribution is -2.56. The molecule has 1 saturated carbocycles. The molecule has 106 valence electrons. The Hall–Kier alpha value is -0.610. The van der Waals surface area contributed by atoms with E-state index in [0.717, 1.165) is 19.4 Å². The van der Waals surface area contributed by atoms with Gasteiger partial charge in [-0.1, -0.05) is 6.92 Å². The van der Waals surface area contributed by atoms with Crippen LogP contribution in [0.3, 0.4) is 0 Å². The number of carbonyl (C=O) groups is 1. The third-order valence-electron chi connectivity index (χ3n) is 4.49. The van der Waals surface area contributed by atoms with E-state index in [-0.39, 0.29) is 11.4 Å². The van der Waals surface area contributed by atoms with Crippen LogP contribution in [-0.2, 0) is 4.79 Å². The molecule has 0 saturated heterocycles. The van der Waals surface area contributed by atoms with Gasteiger partial charge in [-0.15, -0.1) is 0 Å². The molecule has 4 nitrogen and oxygen atoms in total. The minimum atomic E-state index is -0.570. The molecule has 0 radical (unpaired) electrons. The van der Waals surface area contributed by atoms with Crippen LogP contribution < -0.4 is 11.1 Å². The number of primary amides is 1. The van der Waals surface area contributed by atoms with Crippen LogP contribution in [0.5, 0.6) is 0 Å². The number of nitrogens with zero attached hydrogens (tertiary/aromatic N) is 1. The fourth-order valence-electron chi connectivity index (χ4n) is 1.91. The van der Waals surface area contributed by atoms with Crippen molar-refractivity contribution >= 4 is 5.91 Å². The summed E-state index contributed by atoms with van der Waals surface area (Å²) in [5, 5.41) is 3.39. The quantitative estimate of drug-likeness (QED) is 0.691. The molecule has 3 N–H and O–H groups in total. The number of hydrogen-bond acceptors (Lipinski definition) is 3. The van der Waals surface area contributed by atoms with Gasteiger partial charge in [-0.05, 0) is 53.5 Å². The predicted octanol–water partition coefficient (Wildman–Crippen LogP) is 1.49. The Balaban J connectivity index is 2.54. The third-order valence-corrected chi connectivity index (χ3v) is 4.49. The van der Waals surface area contributed by atoms with Gasteiger partial charge < -0.3 is 16.0 Å². The van der Waals surface area contributed by atoms with Crippen molar-refractivity contribution in [3.05, 3.63) is 0 Å². The van der Waals surface area contributed by atoms with Crippen molar-refractivity contribution in [2.24, 2.45) is 5.73 Å². The summed E-state index contributed by atoms with van der Waals surface area (Å²) in [6, 6.07) is 0.493. The Morgan fingerprint density at radius 2 is 1.94 bits per heavy atom. The first kappa shape index (κ1) is 15.4. The molecule has 18 heavy (non-hydrogen) atoms. The van der Waals surface area contributed by atoms with Gasteiger partial charge in [0, 0.05) is 18.1 Å². The molecule has 0 aromatic carbocycles. The molecule has 4 heteroatoms. The molecule has 1 atom stereocenters. The van der Waals surface area contributed by atoms with Gasteiger partial charge in [0.25, 0.3) is 0 Å². The van der Waals surface area contributed by atoms with E-state index in [0.29, 0.717) is 6.04 Å². The number of amides is 1. The molecule has 1 aliphatic carbocycles. The van der Waals surface area contributed by atoms with Crippen molar-refractivity contribution in [1.82, 2.24) is 10.2 Å². The van der Waals surface area contributed by atoms with E-state index in [9.17, 15) is 4.79 Å². The van der Waals surface area contributed by atoms with Gasteiger partial charge in [0.05, 0.1) is 5.54 Å². The first-order valence-corrected chi connectivity index (χ1v) is 7.00. The predicted molar refractivity (Wildman–Crippen MR) is 75.4 cm³/mol. The number of nitrogens with two attached hydrogens (primary N) is 1. The fourth-order valence-corrected chi connectivity index (χ4v) is 1.91. The summed E-state index contributed by atoms with van der Waals surface area (Å²) in [5.41, 5.74) is 5.15. The van der Waals surface area contributed by atoms with Gasteiger partial charge in [0.15, 0.2) is 0 Å². The summed E-state index contributed by atoms with van der Waals surface area (Å²) in [6.45, 7) is 9.44. The van der Waals surface area contributed by atoms with Crippen LogP contribution in [0.4, 0.5) is 0 Å². The molecular weight excluding hydrogens is 226 g/mol. The van der Waals surface area contributed by atoms with Crippen LogP contribution in [0.15, 0.2) is 0 Å². The smallest absolute Gasteiger partial charge is 0.237 e. The minimum absolute atomic E-state index is 0.165. The Bertz CT molecular complexity index is 299. The summed E-state index contributed by atoms with van der Waals surface area (Å²) in [7, 11) is 2.11. The monoisotopic (exact) mass is 255 g/mol. The maximum atomic E-state index is 11.7. The zero-order chi connectivity index (χ0) is 14.0. The number of hydrogen-bond donors (Lipinski definition) is 2. The second-order valence-corrected chi connectivity index (χ2v) is 6.45. The molecule has 1 amide bonds. The molecule has 1 unspecified atom stereocenters. The molecule has 1 aliphatic rings. The highest BCUT2D eigenvalue weighted by molar-refractivity contribution is 5.84. The molecule has 0 heterocycles. The fraction of sp³-hybridized carbons (Fsp3) is 0.929. The maximum absolute atomic E-state index is 11.7. The Kier molecular flexibility index (Phi) is 4.78. The lowest BCUT2D eigenvalue weighted by Gasteiger charge is -2.37.